The van der Waals surface area contributed by atoms with Gasteiger partial charge >= 0.3 is 6.03 Å². The van der Waals surface area contributed by atoms with E-state index in [-0.39, 0.29) is 23.9 Å². The average Bonchev–Trinajstić information content (AvgIpc) is 2.88. The molecule has 2 aliphatic heterocycles. The summed E-state index contributed by atoms with van der Waals surface area (Å²) in [5.41, 5.74) is 4.24. The van der Waals surface area contributed by atoms with Gasteiger partial charge in [-0.15, -0.1) is 0 Å². The first-order valence-electron chi connectivity index (χ1n) is 10.1. The molecule has 1 fully saturated rings. The van der Waals surface area contributed by atoms with Crippen molar-refractivity contribution in [1.29, 1.82) is 0 Å². The van der Waals surface area contributed by atoms with Gasteiger partial charge < -0.3 is 10.1 Å². The standard InChI is InChI=1S/C24H28N2O3/c1-15-12-17(23(3,4)5)13-16(2)18(15)14-26-21(27)24(25-22(26)28)10-11-29-20-9-7-6-8-19(20)24/h6-9,12-13H,10-11,14H2,1-5H3,(H,25,28). The van der Waals surface area contributed by atoms with Gasteiger partial charge in [0.2, 0.25) is 0 Å². The molecule has 1 atom stereocenters. The number of benzene rings is 2. The molecular formula is C24H28N2O3. The number of nitrogens with zero attached hydrogens (tertiary/aromatic N) is 1. The third-order valence-electron chi connectivity index (χ3n) is 6.14. The summed E-state index contributed by atoms with van der Waals surface area (Å²) in [6.07, 6.45) is 0.437. The van der Waals surface area contributed by atoms with Gasteiger partial charge in [-0.2, -0.15) is 0 Å². The first-order valence-corrected chi connectivity index (χ1v) is 10.1. The number of para-hydroxylation sites is 1. The minimum absolute atomic E-state index is 0.0464. The van der Waals surface area contributed by atoms with Crippen molar-refractivity contribution in [2.24, 2.45) is 0 Å². The zero-order valence-electron chi connectivity index (χ0n) is 17.8. The largest absolute Gasteiger partial charge is 0.493 e. The molecule has 0 bridgehead atoms. The second kappa shape index (κ2) is 6.61. The molecule has 1 saturated heterocycles. The van der Waals surface area contributed by atoms with Crippen LogP contribution in [0.25, 0.3) is 0 Å². The van der Waals surface area contributed by atoms with Gasteiger partial charge in [-0.3, -0.25) is 9.69 Å². The molecule has 0 aromatic heterocycles. The van der Waals surface area contributed by atoms with E-state index in [1.165, 1.54) is 10.5 Å². The van der Waals surface area contributed by atoms with Gasteiger partial charge in [0.05, 0.1) is 13.2 Å². The summed E-state index contributed by atoms with van der Waals surface area (Å²) < 4.78 is 5.71. The molecule has 2 aliphatic rings. The number of aryl methyl sites for hydroxylation is 2. The van der Waals surface area contributed by atoms with Crippen molar-refractivity contribution in [2.75, 3.05) is 6.61 Å². The third-order valence-corrected chi connectivity index (χ3v) is 6.14. The molecule has 2 heterocycles. The van der Waals surface area contributed by atoms with Crippen molar-refractivity contribution in [2.45, 2.75) is 58.5 Å². The van der Waals surface area contributed by atoms with Crippen LogP contribution in [-0.2, 0) is 22.3 Å². The number of rotatable bonds is 2. The monoisotopic (exact) mass is 392 g/mol. The molecule has 5 nitrogen and oxygen atoms in total. The van der Waals surface area contributed by atoms with Crippen LogP contribution in [0.3, 0.4) is 0 Å². The highest BCUT2D eigenvalue weighted by atomic mass is 16.5. The lowest BCUT2D eigenvalue weighted by atomic mass is 9.83. The molecule has 152 valence electrons. The highest BCUT2D eigenvalue weighted by molar-refractivity contribution is 6.07. The maximum atomic E-state index is 13.5. The summed E-state index contributed by atoms with van der Waals surface area (Å²) in [4.78, 5) is 27.7. The Morgan fingerprint density at radius 2 is 1.76 bits per heavy atom. The van der Waals surface area contributed by atoms with E-state index >= 15 is 0 Å². The minimum atomic E-state index is -1.03. The van der Waals surface area contributed by atoms with Crippen LogP contribution in [0, 0.1) is 13.8 Å². The Bertz CT molecular complexity index is 982. The van der Waals surface area contributed by atoms with E-state index in [9.17, 15) is 9.59 Å². The SMILES string of the molecule is Cc1cc(C(C)(C)C)cc(C)c1CN1C(=O)NC2(CCOc3ccccc32)C1=O. The van der Waals surface area contributed by atoms with E-state index in [1.807, 2.05) is 24.3 Å². The molecule has 5 heteroatoms. The number of ether oxygens (including phenoxy) is 1. The molecular weight excluding hydrogens is 364 g/mol. The molecule has 0 saturated carbocycles. The molecule has 4 rings (SSSR count). The maximum Gasteiger partial charge on any atom is 0.325 e. The molecule has 29 heavy (non-hydrogen) atoms. The summed E-state index contributed by atoms with van der Waals surface area (Å²) in [6.45, 7) is 11.3. The van der Waals surface area contributed by atoms with Gasteiger partial charge in [0.1, 0.15) is 5.75 Å². The van der Waals surface area contributed by atoms with E-state index in [4.69, 9.17) is 4.74 Å². The number of imide groups is 1. The van der Waals surface area contributed by atoms with Gasteiger partial charge in [-0.05, 0) is 47.6 Å². The lowest BCUT2D eigenvalue weighted by Gasteiger charge is -2.33. The van der Waals surface area contributed by atoms with Gasteiger partial charge in [-0.25, -0.2) is 4.79 Å². The van der Waals surface area contributed by atoms with E-state index in [2.05, 4.69) is 52.1 Å². The van der Waals surface area contributed by atoms with Gasteiger partial charge in [0, 0.05) is 12.0 Å². The van der Waals surface area contributed by atoms with Crippen LogP contribution in [0.5, 0.6) is 5.75 Å². The van der Waals surface area contributed by atoms with Crippen molar-refractivity contribution in [3.05, 3.63) is 64.2 Å². The number of amides is 3. The lowest BCUT2D eigenvalue weighted by Crippen LogP contribution is -2.47. The molecule has 1 N–H and O–H groups in total. The lowest BCUT2D eigenvalue weighted by molar-refractivity contribution is -0.133. The number of fused-ring (bicyclic) bond motifs is 2. The third kappa shape index (κ3) is 3.09. The van der Waals surface area contributed by atoms with Crippen LogP contribution >= 0.6 is 0 Å². The van der Waals surface area contributed by atoms with Crippen molar-refractivity contribution < 1.29 is 14.3 Å². The van der Waals surface area contributed by atoms with Crippen LogP contribution in [0.15, 0.2) is 36.4 Å². The number of carbonyl (C=O) groups excluding carboxylic acids is 2. The van der Waals surface area contributed by atoms with Crippen LogP contribution in [0.2, 0.25) is 0 Å². The fraction of sp³-hybridized carbons (Fsp3) is 0.417. The second-order valence-corrected chi connectivity index (χ2v) is 9.16. The Morgan fingerprint density at radius 1 is 1.10 bits per heavy atom. The number of urea groups is 1. The molecule has 2 aromatic carbocycles. The van der Waals surface area contributed by atoms with E-state index in [0.717, 1.165) is 22.3 Å². The molecule has 0 radical (unpaired) electrons. The predicted octanol–water partition coefficient (Wildman–Crippen LogP) is 4.33. The topological polar surface area (TPSA) is 58.6 Å². The Hall–Kier alpha value is -2.82. The van der Waals surface area contributed by atoms with Crippen LogP contribution in [0.4, 0.5) is 4.79 Å². The number of hydrogen-bond acceptors (Lipinski definition) is 3. The number of carbonyl (C=O) groups is 2. The summed E-state index contributed by atoms with van der Waals surface area (Å²) in [6, 6.07) is 11.4. The Morgan fingerprint density at radius 3 is 2.41 bits per heavy atom. The predicted molar refractivity (Wildman–Crippen MR) is 112 cm³/mol. The van der Waals surface area contributed by atoms with Gasteiger partial charge in [0.15, 0.2) is 5.54 Å². The molecule has 3 amide bonds. The number of hydrogen-bond donors (Lipinski definition) is 1. The van der Waals surface area contributed by atoms with Crippen LogP contribution in [-0.4, -0.2) is 23.4 Å². The quantitative estimate of drug-likeness (QED) is 0.774. The first kappa shape index (κ1) is 19.5. The zero-order chi connectivity index (χ0) is 21.0. The fourth-order valence-corrected chi connectivity index (χ4v) is 4.35. The molecule has 1 spiro atoms. The van der Waals surface area contributed by atoms with E-state index in [1.54, 1.807) is 0 Å². The normalized spacial score (nSPS) is 21.2. The van der Waals surface area contributed by atoms with E-state index < -0.39 is 5.54 Å². The summed E-state index contributed by atoms with van der Waals surface area (Å²) in [5, 5.41) is 2.98. The van der Waals surface area contributed by atoms with Crippen molar-refractivity contribution >= 4 is 11.9 Å². The second-order valence-electron chi connectivity index (χ2n) is 9.16. The van der Waals surface area contributed by atoms with Gasteiger partial charge in [0.25, 0.3) is 5.91 Å². The number of nitrogens with one attached hydrogen (secondary N) is 1. The summed E-state index contributed by atoms with van der Waals surface area (Å²) in [5.74, 6) is 0.466. The smallest absolute Gasteiger partial charge is 0.325 e. The fourth-order valence-electron chi connectivity index (χ4n) is 4.35. The minimum Gasteiger partial charge on any atom is -0.493 e. The van der Waals surface area contributed by atoms with Gasteiger partial charge in [-0.1, -0.05) is 51.1 Å². The van der Waals surface area contributed by atoms with Crippen LogP contribution < -0.4 is 10.1 Å². The molecule has 1 unspecified atom stereocenters. The Labute approximate surface area is 172 Å². The van der Waals surface area contributed by atoms with E-state index in [0.29, 0.717) is 18.8 Å². The zero-order valence-corrected chi connectivity index (χ0v) is 17.8. The maximum absolute atomic E-state index is 13.5. The van der Waals surface area contributed by atoms with Crippen LogP contribution in [0.1, 0.15) is 55.0 Å². The highest BCUT2D eigenvalue weighted by Gasteiger charge is 2.54. The van der Waals surface area contributed by atoms with Crippen molar-refractivity contribution in [3.63, 3.8) is 0 Å². The molecule has 0 aliphatic carbocycles. The summed E-state index contributed by atoms with van der Waals surface area (Å²) >= 11 is 0. The Kier molecular flexibility index (Phi) is 4.45. The van der Waals surface area contributed by atoms with Crippen molar-refractivity contribution in [1.82, 2.24) is 10.2 Å². The highest BCUT2D eigenvalue weighted by Crippen LogP contribution is 2.41. The first-order chi connectivity index (χ1) is 13.6. The Balaban J connectivity index is 1.69. The summed E-state index contributed by atoms with van der Waals surface area (Å²) in [7, 11) is 0. The molecule has 2 aromatic rings. The average molecular weight is 392 g/mol. The van der Waals surface area contributed by atoms with Crippen molar-refractivity contribution in [3.8, 4) is 5.75 Å².